The Morgan fingerprint density at radius 2 is 1.86 bits per heavy atom. The third-order valence-electron chi connectivity index (χ3n) is 7.82. The topological polar surface area (TPSA) is 123 Å². The number of amides is 2. The average molecular weight is 649 g/mol. The second-order valence-electron chi connectivity index (χ2n) is 10.9. The molecule has 5 heterocycles. The van der Waals surface area contributed by atoms with Gasteiger partial charge in [0.15, 0.2) is 11.6 Å². The van der Waals surface area contributed by atoms with Gasteiger partial charge in [-0.2, -0.15) is 0 Å². The molecule has 43 heavy (non-hydrogen) atoms. The Kier molecular flexibility index (Phi) is 8.24. The smallest absolute Gasteiger partial charge is 0.248 e. The molecule has 1 N–H and O–H groups in total. The summed E-state index contributed by atoms with van der Waals surface area (Å²) in [6, 6.07) is 1.89. The van der Waals surface area contributed by atoms with E-state index in [1.165, 1.54) is 13.0 Å². The van der Waals surface area contributed by atoms with E-state index >= 15 is 0 Å². The molecule has 10 nitrogen and oxygen atoms in total. The number of pyridine rings is 2. The number of nitrogens with one attached hydrogen (secondary N) is 1. The van der Waals surface area contributed by atoms with E-state index in [1.54, 1.807) is 48.0 Å². The number of carbonyl (C=O) groups is 3. The van der Waals surface area contributed by atoms with Gasteiger partial charge in [-0.25, -0.2) is 19.3 Å². The second kappa shape index (κ2) is 11.8. The number of ketones is 1. The van der Waals surface area contributed by atoms with Crippen LogP contribution in [0.5, 0.6) is 0 Å². The normalized spacial score (nSPS) is 18.2. The SMILES string of the molecule is C=C[C@@H]1[C@@H](C)C[C@@H](C(=O)Nc2nc(Br)c(F)cc2C)N1C(=O)Cn1cc(C(C)=O)c2cc(-c3cnc(C)nc3)nc(C)c21. The van der Waals surface area contributed by atoms with E-state index in [0.717, 1.165) is 0 Å². The zero-order chi connectivity index (χ0) is 31.2. The number of likely N-dealkylation sites (tertiary alicyclic amines) is 1. The van der Waals surface area contributed by atoms with Gasteiger partial charge in [-0.1, -0.05) is 13.0 Å². The lowest BCUT2D eigenvalue weighted by Gasteiger charge is -2.29. The number of carbonyl (C=O) groups excluding carboxylic acids is 3. The highest BCUT2D eigenvalue weighted by Gasteiger charge is 2.44. The summed E-state index contributed by atoms with van der Waals surface area (Å²) in [6.07, 6.45) is 7.10. The van der Waals surface area contributed by atoms with Crippen molar-refractivity contribution in [3.63, 3.8) is 0 Å². The van der Waals surface area contributed by atoms with Crippen LogP contribution in [-0.4, -0.2) is 59.1 Å². The first-order valence-electron chi connectivity index (χ1n) is 13.8. The van der Waals surface area contributed by atoms with E-state index in [-0.39, 0.29) is 34.6 Å². The van der Waals surface area contributed by atoms with E-state index < -0.39 is 23.8 Å². The zero-order valence-electron chi connectivity index (χ0n) is 24.5. The van der Waals surface area contributed by atoms with Crippen molar-refractivity contribution in [2.24, 2.45) is 5.92 Å². The van der Waals surface area contributed by atoms with E-state index in [1.807, 2.05) is 19.9 Å². The quantitative estimate of drug-likeness (QED) is 0.163. The van der Waals surface area contributed by atoms with Gasteiger partial charge in [0.05, 0.1) is 22.9 Å². The number of aromatic nitrogens is 5. The lowest BCUT2D eigenvalue weighted by molar-refractivity contribution is -0.138. The Morgan fingerprint density at radius 1 is 1.16 bits per heavy atom. The van der Waals surface area contributed by atoms with E-state index in [2.05, 4.69) is 42.8 Å². The van der Waals surface area contributed by atoms with Gasteiger partial charge in [-0.3, -0.25) is 19.4 Å². The van der Waals surface area contributed by atoms with Crippen molar-refractivity contribution in [3.8, 4) is 11.3 Å². The molecule has 1 aliphatic heterocycles. The molecule has 12 heteroatoms. The average Bonchev–Trinajstić information content (AvgIpc) is 3.49. The molecule has 0 aromatic carbocycles. The first-order chi connectivity index (χ1) is 20.4. The summed E-state index contributed by atoms with van der Waals surface area (Å²) in [6.45, 7) is 12.5. The number of rotatable bonds is 7. The molecule has 1 saturated heterocycles. The van der Waals surface area contributed by atoms with Crippen LogP contribution in [0.25, 0.3) is 22.2 Å². The molecule has 5 rings (SSSR count). The molecular weight excluding hydrogens is 617 g/mol. The standard InChI is InChI=1S/C31H31BrFN7O3/c1-7-25-15(2)9-26(31(43)38-30-16(3)8-23(33)29(32)37-30)40(25)27(42)14-39-13-22(18(5)41)21-10-24(36-17(4)28(21)39)20-11-34-19(6)35-12-20/h7-8,10-13,15,25-26H,1,9,14H2,2-6H3,(H,37,38,43)/t15-,25+,26-/m0/s1. The highest BCUT2D eigenvalue weighted by atomic mass is 79.9. The van der Waals surface area contributed by atoms with Gasteiger partial charge in [0, 0.05) is 35.1 Å². The number of Topliss-reactive ketones (excluding diaryl/α,β-unsaturated/α-hetero) is 1. The largest absolute Gasteiger partial charge is 0.336 e. The fourth-order valence-electron chi connectivity index (χ4n) is 5.72. The molecule has 0 radical (unpaired) electrons. The maximum Gasteiger partial charge on any atom is 0.248 e. The summed E-state index contributed by atoms with van der Waals surface area (Å²) < 4.78 is 15.6. The molecule has 222 valence electrons. The Balaban J connectivity index is 1.49. The third-order valence-corrected chi connectivity index (χ3v) is 8.38. The summed E-state index contributed by atoms with van der Waals surface area (Å²) in [5, 5.41) is 3.43. The predicted octanol–water partition coefficient (Wildman–Crippen LogP) is 5.35. The maximum atomic E-state index is 14.0. The fraction of sp³-hybridized carbons (Fsp3) is 0.323. The molecule has 0 saturated carbocycles. The second-order valence-corrected chi connectivity index (χ2v) is 11.7. The maximum absolute atomic E-state index is 14.0. The van der Waals surface area contributed by atoms with Crippen molar-refractivity contribution in [3.05, 3.63) is 76.4 Å². The molecule has 1 fully saturated rings. The van der Waals surface area contributed by atoms with Crippen molar-refractivity contribution < 1.29 is 18.8 Å². The lowest BCUT2D eigenvalue weighted by atomic mass is 10.0. The molecule has 3 atom stereocenters. The monoisotopic (exact) mass is 647 g/mol. The highest BCUT2D eigenvalue weighted by molar-refractivity contribution is 9.10. The van der Waals surface area contributed by atoms with Crippen LogP contribution in [0, 0.1) is 32.5 Å². The van der Waals surface area contributed by atoms with E-state index in [9.17, 15) is 18.8 Å². The van der Waals surface area contributed by atoms with Gasteiger partial charge < -0.3 is 14.8 Å². The molecule has 1 aliphatic rings. The van der Waals surface area contributed by atoms with Crippen LogP contribution in [0.3, 0.4) is 0 Å². The Morgan fingerprint density at radius 3 is 2.51 bits per heavy atom. The van der Waals surface area contributed by atoms with E-state index in [4.69, 9.17) is 4.98 Å². The molecule has 4 aromatic rings. The minimum Gasteiger partial charge on any atom is -0.336 e. The number of hydrogen-bond donors (Lipinski definition) is 1. The van der Waals surface area contributed by atoms with Crippen LogP contribution in [0.4, 0.5) is 10.2 Å². The summed E-state index contributed by atoms with van der Waals surface area (Å²) in [4.78, 5) is 59.1. The number of aryl methyl sites for hydroxylation is 3. The molecule has 2 amide bonds. The number of hydrogen-bond acceptors (Lipinski definition) is 7. The van der Waals surface area contributed by atoms with Gasteiger partial charge in [-0.05, 0) is 73.7 Å². The van der Waals surface area contributed by atoms with Crippen LogP contribution < -0.4 is 5.32 Å². The van der Waals surface area contributed by atoms with Gasteiger partial charge in [0.25, 0.3) is 0 Å². The van der Waals surface area contributed by atoms with Crippen molar-refractivity contribution in [2.45, 2.75) is 59.7 Å². The summed E-state index contributed by atoms with van der Waals surface area (Å²) in [5.41, 5.74) is 3.50. The molecule has 0 aliphatic carbocycles. The van der Waals surface area contributed by atoms with Crippen molar-refractivity contribution in [1.82, 2.24) is 29.4 Å². The van der Waals surface area contributed by atoms with Crippen molar-refractivity contribution in [1.29, 1.82) is 0 Å². The molecular formula is C31H31BrFN7O3. The highest BCUT2D eigenvalue weighted by Crippen LogP contribution is 2.34. The van der Waals surface area contributed by atoms with Gasteiger partial charge >= 0.3 is 0 Å². The first-order valence-corrected chi connectivity index (χ1v) is 14.6. The van der Waals surface area contributed by atoms with Gasteiger partial charge in [0.2, 0.25) is 11.8 Å². The lowest BCUT2D eigenvalue weighted by Crippen LogP contribution is -2.48. The third kappa shape index (κ3) is 5.71. The molecule has 0 spiro atoms. The Bertz CT molecular complexity index is 1790. The van der Waals surface area contributed by atoms with Crippen LogP contribution in [-0.2, 0) is 16.1 Å². The van der Waals surface area contributed by atoms with Crippen LogP contribution in [0.15, 0.2) is 48.0 Å². The minimum atomic E-state index is -0.808. The molecule has 4 aromatic heterocycles. The predicted molar refractivity (Wildman–Crippen MR) is 164 cm³/mol. The van der Waals surface area contributed by atoms with Crippen molar-refractivity contribution >= 4 is 50.2 Å². The van der Waals surface area contributed by atoms with Gasteiger partial charge in [-0.15, -0.1) is 6.58 Å². The Hall–Kier alpha value is -4.32. The Labute approximate surface area is 256 Å². The zero-order valence-corrected chi connectivity index (χ0v) is 26.1. The number of fused-ring (bicyclic) bond motifs is 1. The van der Waals surface area contributed by atoms with E-state index in [0.29, 0.717) is 51.2 Å². The minimum absolute atomic E-state index is 0.0205. The number of anilines is 1. The summed E-state index contributed by atoms with van der Waals surface area (Å²) >= 11 is 3.06. The number of nitrogens with zero attached hydrogens (tertiary/aromatic N) is 6. The molecule has 0 unspecified atom stereocenters. The van der Waals surface area contributed by atoms with Crippen molar-refractivity contribution in [2.75, 3.05) is 5.32 Å². The summed E-state index contributed by atoms with van der Waals surface area (Å²) in [5.74, 6) is -0.639. The van der Waals surface area contributed by atoms with Crippen LogP contribution >= 0.6 is 15.9 Å². The molecule has 0 bridgehead atoms. The summed E-state index contributed by atoms with van der Waals surface area (Å²) in [7, 11) is 0. The van der Waals surface area contributed by atoms with Crippen LogP contribution in [0.2, 0.25) is 0 Å². The fourth-order valence-corrected chi connectivity index (χ4v) is 6.01. The first kappa shape index (κ1) is 30.1. The van der Waals surface area contributed by atoms with Gasteiger partial charge in [0.1, 0.15) is 28.8 Å². The number of halogens is 2. The van der Waals surface area contributed by atoms with Crippen LogP contribution in [0.1, 0.15) is 47.7 Å².